The van der Waals surface area contributed by atoms with Crippen LogP contribution < -0.4 is 0 Å². The molecule has 1 fully saturated rings. The zero-order chi connectivity index (χ0) is 10.9. The summed E-state index contributed by atoms with van der Waals surface area (Å²) in [4.78, 5) is 3.08. The summed E-state index contributed by atoms with van der Waals surface area (Å²) in [6.45, 7) is 15.4. The van der Waals surface area contributed by atoms with Gasteiger partial charge >= 0.3 is 0 Å². The minimum Gasteiger partial charge on any atom is -0.285 e. The Hall–Kier alpha value is 0.310. The van der Waals surface area contributed by atoms with E-state index in [9.17, 15) is 0 Å². The summed E-state index contributed by atoms with van der Waals surface area (Å²) < 4.78 is 0. The van der Waals surface area contributed by atoms with Gasteiger partial charge in [0.25, 0.3) is 0 Å². The van der Waals surface area contributed by atoms with Crippen molar-refractivity contribution in [3.8, 4) is 0 Å². The third-order valence-corrected chi connectivity index (χ3v) is 5.42. The highest BCUT2D eigenvalue weighted by Gasteiger charge is 2.47. The number of nitrogens with zero attached hydrogens (tertiary/aromatic N) is 1. The molecular weight excluding hydrogens is 190 g/mol. The van der Waals surface area contributed by atoms with Crippen molar-refractivity contribution in [1.82, 2.24) is 4.90 Å². The Morgan fingerprint density at radius 3 is 1.79 bits per heavy atom. The van der Waals surface area contributed by atoms with Gasteiger partial charge in [-0.15, -0.1) is 11.8 Å². The minimum absolute atomic E-state index is 0.383. The molecule has 0 amide bonds. The van der Waals surface area contributed by atoms with E-state index in [1.54, 1.807) is 0 Å². The Balaban J connectivity index is 2.95. The van der Waals surface area contributed by atoms with E-state index in [2.05, 4.69) is 58.2 Å². The van der Waals surface area contributed by atoms with E-state index in [-0.39, 0.29) is 0 Å². The quantitative estimate of drug-likeness (QED) is 0.709. The third kappa shape index (κ3) is 1.83. The van der Waals surface area contributed by atoms with Gasteiger partial charge in [-0.3, -0.25) is 4.90 Å². The zero-order valence-corrected chi connectivity index (χ0v) is 11.3. The normalized spacial score (nSPS) is 22.9. The van der Waals surface area contributed by atoms with E-state index in [0.717, 1.165) is 11.8 Å². The fourth-order valence-corrected chi connectivity index (χ4v) is 4.64. The standard InChI is InChI=1S/C12H25NS/c1-9(2)12(10(3)4)13(11(5)6)7-8-14-12/h9-11H,7-8H2,1-6H3. The number of hydrogen-bond acceptors (Lipinski definition) is 2. The maximum absolute atomic E-state index is 2.70. The van der Waals surface area contributed by atoms with Crippen LogP contribution in [0, 0.1) is 11.8 Å². The predicted molar refractivity (Wildman–Crippen MR) is 66.7 cm³/mol. The van der Waals surface area contributed by atoms with Crippen LogP contribution in [0.1, 0.15) is 41.5 Å². The van der Waals surface area contributed by atoms with Gasteiger partial charge in [0.1, 0.15) is 0 Å². The number of thioether (sulfide) groups is 1. The Bertz CT molecular complexity index is 179. The maximum atomic E-state index is 2.70. The Labute approximate surface area is 93.6 Å². The van der Waals surface area contributed by atoms with Crippen LogP contribution in [0.25, 0.3) is 0 Å². The highest BCUT2D eigenvalue weighted by Crippen LogP contribution is 2.47. The molecular formula is C12H25NS. The summed E-state index contributed by atoms with van der Waals surface area (Å²) >= 11 is 2.17. The molecule has 0 atom stereocenters. The lowest BCUT2D eigenvalue weighted by molar-refractivity contribution is 0.0737. The second-order valence-electron chi connectivity index (χ2n) is 5.20. The van der Waals surface area contributed by atoms with E-state index in [4.69, 9.17) is 0 Å². The molecule has 1 nitrogen and oxygen atoms in total. The zero-order valence-electron chi connectivity index (χ0n) is 10.5. The number of hydrogen-bond donors (Lipinski definition) is 0. The molecule has 1 aliphatic heterocycles. The first-order valence-corrected chi connectivity index (χ1v) is 6.82. The van der Waals surface area contributed by atoms with Gasteiger partial charge < -0.3 is 0 Å². The van der Waals surface area contributed by atoms with Crippen molar-refractivity contribution in [1.29, 1.82) is 0 Å². The van der Waals surface area contributed by atoms with E-state index < -0.39 is 0 Å². The van der Waals surface area contributed by atoms with Crippen LogP contribution >= 0.6 is 11.8 Å². The molecule has 0 spiro atoms. The SMILES string of the molecule is CC(C)N1CCSC1(C(C)C)C(C)C. The molecule has 0 aromatic rings. The summed E-state index contributed by atoms with van der Waals surface area (Å²) in [6.07, 6.45) is 0. The van der Waals surface area contributed by atoms with Gasteiger partial charge in [-0.2, -0.15) is 0 Å². The molecule has 1 heterocycles. The fourth-order valence-electron chi connectivity index (χ4n) is 2.89. The van der Waals surface area contributed by atoms with Crippen molar-refractivity contribution in [3.63, 3.8) is 0 Å². The molecule has 84 valence electrons. The van der Waals surface area contributed by atoms with Gasteiger partial charge in [0.15, 0.2) is 0 Å². The van der Waals surface area contributed by atoms with E-state index in [1.807, 2.05) is 0 Å². The summed E-state index contributed by atoms with van der Waals surface area (Å²) in [5, 5.41) is 0. The van der Waals surface area contributed by atoms with Crippen LogP contribution in [0.4, 0.5) is 0 Å². The van der Waals surface area contributed by atoms with Crippen molar-refractivity contribution in [3.05, 3.63) is 0 Å². The molecule has 0 aromatic heterocycles. The van der Waals surface area contributed by atoms with E-state index in [0.29, 0.717) is 10.9 Å². The first kappa shape index (κ1) is 12.4. The molecule has 1 saturated heterocycles. The highest BCUT2D eigenvalue weighted by atomic mass is 32.2. The maximum Gasteiger partial charge on any atom is 0.0719 e. The van der Waals surface area contributed by atoms with E-state index in [1.165, 1.54) is 12.3 Å². The topological polar surface area (TPSA) is 3.24 Å². The van der Waals surface area contributed by atoms with Crippen LogP contribution in [0.5, 0.6) is 0 Å². The summed E-state index contributed by atoms with van der Waals surface area (Å²) in [5.41, 5.74) is 0. The molecule has 14 heavy (non-hydrogen) atoms. The van der Waals surface area contributed by atoms with Gasteiger partial charge in [-0.05, 0) is 25.7 Å². The molecule has 1 rings (SSSR count). The molecule has 0 bridgehead atoms. The first-order chi connectivity index (χ1) is 6.43. The second-order valence-corrected chi connectivity index (χ2v) is 6.55. The first-order valence-electron chi connectivity index (χ1n) is 5.83. The fraction of sp³-hybridized carbons (Fsp3) is 1.00. The minimum atomic E-state index is 0.383. The molecule has 0 saturated carbocycles. The Morgan fingerprint density at radius 1 is 1.00 bits per heavy atom. The van der Waals surface area contributed by atoms with Crippen molar-refractivity contribution in [2.45, 2.75) is 52.5 Å². The molecule has 0 unspecified atom stereocenters. The smallest absolute Gasteiger partial charge is 0.0719 e. The monoisotopic (exact) mass is 215 g/mol. The van der Waals surface area contributed by atoms with Crippen LogP contribution in [-0.4, -0.2) is 28.1 Å². The summed E-state index contributed by atoms with van der Waals surface area (Å²) in [5.74, 6) is 2.77. The molecule has 0 aromatic carbocycles. The van der Waals surface area contributed by atoms with E-state index >= 15 is 0 Å². The Kier molecular flexibility index (Phi) is 3.93. The van der Waals surface area contributed by atoms with Crippen LogP contribution in [-0.2, 0) is 0 Å². The molecule has 0 N–H and O–H groups in total. The lowest BCUT2D eigenvalue weighted by Crippen LogP contribution is -2.52. The Morgan fingerprint density at radius 2 is 1.50 bits per heavy atom. The lowest BCUT2D eigenvalue weighted by Gasteiger charge is -2.46. The number of rotatable bonds is 3. The third-order valence-electron chi connectivity index (χ3n) is 3.39. The van der Waals surface area contributed by atoms with Crippen molar-refractivity contribution in [2.75, 3.05) is 12.3 Å². The molecule has 0 radical (unpaired) electrons. The van der Waals surface area contributed by atoms with Gasteiger partial charge in [-0.1, -0.05) is 27.7 Å². The molecule has 0 aliphatic carbocycles. The average Bonchev–Trinajstić information content (AvgIpc) is 2.47. The van der Waals surface area contributed by atoms with Gasteiger partial charge in [0.2, 0.25) is 0 Å². The molecule has 1 aliphatic rings. The van der Waals surface area contributed by atoms with Crippen LogP contribution in [0.2, 0.25) is 0 Å². The average molecular weight is 215 g/mol. The largest absolute Gasteiger partial charge is 0.285 e. The van der Waals surface area contributed by atoms with Gasteiger partial charge in [0, 0.05) is 18.3 Å². The van der Waals surface area contributed by atoms with Crippen molar-refractivity contribution >= 4 is 11.8 Å². The van der Waals surface area contributed by atoms with Crippen LogP contribution in [0.15, 0.2) is 0 Å². The molecule has 2 heteroatoms. The van der Waals surface area contributed by atoms with Crippen LogP contribution in [0.3, 0.4) is 0 Å². The summed E-state index contributed by atoms with van der Waals surface area (Å²) in [6, 6.07) is 0.676. The van der Waals surface area contributed by atoms with Gasteiger partial charge in [-0.25, -0.2) is 0 Å². The lowest BCUT2D eigenvalue weighted by atomic mass is 9.89. The van der Waals surface area contributed by atoms with Crippen molar-refractivity contribution in [2.24, 2.45) is 11.8 Å². The van der Waals surface area contributed by atoms with Gasteiger partial charge in [0.05, 0.1) is 4.87 Å². The predicted octanol–water partition coefficient (Wildman–Crippen LogP) is 3.45. The van der Waals surface area contributed by atoms with Crippen molar-refractivity contribution < 1.29 is 0 Å². The highest BCUT2D eigenvalue weighted by molar-refractivity contribution is 8.00. The summed E-state index contributed by atoms with van der Waals surface area (Å²) in [7, 11) is 0. The second kappa shape index (κ2) is 4.44.